The van der Waals surface area contributed by atoms with Gasteiger partial charge in [-0.2, -0.15) is 0 Å². The van der Waals surface area contributed by atoms with E-state index in [1.165, 1.54) is 12.8 Å². The predicted molar refractivity (Wildman–Crippen MR) is 90.1 cm³/mol. The van der Waals surface area contributed by atoms with Crippen molar-refractivity contribution < 1.29 is 4.74 Å². The molecular formula is C18H28ClNO. The van der Waals surface area contributed by atoms with Crippen LogP contribution in [0.2, 0.25) is 5.02 Å². The van der Waals surface area contributed by atoms with Crippen LogP contribution >= 0.6 is 11.6 Å². The molecule has 1 aromatic carbocycles. The van der Waals surface area contributed by atoms with Gasteiger partial charge in [0.2, 0.25) is 0 Å². The lowest BCUT2D eigenvalue weighted by molar-refractivity contribution is 0.127. The lowest BCUT2D eigenvalue weighted by atomic mass is 9.88. The van der Waals surface area contributed by atoms with E-state index in [0.717, 1.165) is 41.6 Å². The van der Waals surface area contributed by atoms with Crippen LogP contribution in [0.5, 0.6) is 5.75 Å². The number of halogens is 1. The molecule has 0 saturated heterocycles. The van der Waals surface area contributed by atoms with Crippen LogP contribution in [-0.2, 0) is 6.54 Å². The van der Waals surface area contributed by atoms with Crippen molar-refractivity contribution >= 4 is 11.6 Å². The van der Waals surface area contributed by atoms with Gasteiger partial charge in [0.05, 0.1) is 6.10 Å². The molecule has 0 spiro atoms. The molecule has 1 aromatic rings. The fourth-order valence-corrected chi connectivity index (χ4v) is 3.07. The fraction of sp³-hybridized carbons (Fsp3) is 0.667. The normalized spacial score (nSPS) is 23.1. The van der Waals surface area contributed by atoms with Crippen molar-refractivity contribution in [3.63, 3.8) is 0 Å². The van der Waals surface area contributed by atoms with Crippen molar-refractivity contribution in [1.82, 2.24) is 5.32 Å². The average Bonchev–Trinajstić information content (AvgIpc) is 2.37. The molecule has 2 atom stereocenters. The minimum absolute atomic E-state index is 0.0653. The molecule has 3 heteroatoms. The summed E-state index contributed by atoms with van der Waals surface area (Å²) >= 11 is 6.38. The van der Waals surface area contributed by atoms with Crippen LogP contribution in [-0.4, -0.2) is 11.6 Å². The van der Waals surface area contributed by atoms with E-state index in [-0.39, 0.29) is 5.54 Å². The van der Waals surface area contributed by atoms with Gasteiger partial charge in [-0.1, -0.05) is 31.0 Å². The molecule has 1 aliphatic rings. The maximum absolute atomic E-state index is 6.38. The summed E-state index contributed by atoms with van der Waals surface area (Å²) in [6.45, 7) is 9.53. The first-order chi connectivity index (χ1) is 9.85. The molecule has 0 aliphatic heterocycles. The smallest absolute Gasteiger partial charge is 0.125 e. The van der Waals surface area contributed by atoms with Crippen LogP contribution in [0.25, 0.3) is 0 Å². The average molecular weight is 310 g/mol. The third kappa shape index (κ3) is 5.19. The van der Waals surface area contributed by atoms with E-state index >= 15 is 0 Å². The highest BCUT2D eigenvalue weighted by Gasteiger charge is 2.22. The SMILES string of the molecule is CC1CCCC(Oc2cccc(Cl)c2CNC(C)(C)C)C1. The van der Waals surface area contributed by atoms with E-state index in [2.05, 4.69) is 33.0 Å². The van der Waals surface area contributed by atoms with Crippen LogP contribution < -0.4 is 10.1 Å². The minimum Gasteiger partial charge on any atom is -0.490 e. The van der Waals surface area contributed by atoms with Gasteiger partial charge in [-0.3, -0.25) is 0 Å². The second-order valence-electron chi connectivity index (χ2n) is 7.33. The molecule has 1 saturated carbocycles. The number of hydrogen-bond donors (Lipinski definition) is 1. The van der Waals surface area contributed by atoms with Crippen molar-refractivity contribution in [1.29, 1.82) is 0 Å². The van der Waals surface area contributed by atoms with E-state index < -0.39 is 0 Å². The van der Waals surface area contributed by atoms with E-state index in [0.29, 0.717) is 6.10 Å². The highest BCUT2D eigenvalue weighted by Crippen LogP contribution is 2.32. The number of benzene rings is 1. The molecule has 2 nitrogen and oxygen atoms in total. The van der Waals surface area contributed by atoms with Gasteiger partial charge in [-0.05, 0) is 58.1 Å². The molecule has 1 fully saturated rings. The van der Waals surface area contributed by atoms with E-state index in [1.54, 1.807) is 0 Å². The molecule has 0 amide bonds. The lowest BCUT2D eigenvalue weighted by Crippen LogP contribution is -2.35. The van der Waals surface area contributed by atoms with Crippen LogP contribution in [0.1, 0.15) is 58.9 Å². The van der Waals surface area contributed by atoms with Gasteiger partial charge in [-0.25, -0.2) is 0 Å². The summed E-state index contributed by atoms with van der Waals surface area (Å²) in [5, 5.41) is 4.29. The summed E-state index contributed by atoms with van der Waals surface area (Å²) in [5.41, 5.74) is 1.14. The van der Waals surface area contributed by atoms with Crippen LogP contribution in [0.4, 0.5) is 0 Å². The van der Waals surface area contributed by atoms with E-state index in [1.807, 2.05) is 18.2 Å². The van der Waals surface area contributed by atoms with Crippen molar-refractivity contribution in [2.24, 2.45) is 5.92 Å². The summed E-state index contributed by atoms with van der Waals surface area (Å²) in [5.74, 6) is 1.71. The van der Waals surface area contributed by atoms with Crippen molar-refractivity contribution in [3.05, 3.63) is 28.8 Å². The molecule has 2 unspecified atom stereocenters. The summed E-state index contributed by atoms with van der Waals surface area (Å²) in [4.78, 5) is 0. The highest BCUT2D eigenvalue weighted by molar-refractivity contribution is 6.31. The van der Waals surface area contributed by atoms with Gasteiger partial charge in [-0.15, -0.1) is 0 Å². The first kappa shape index (κ1) is 16.6. The molecule has 2 rings (SSSR count). The Balaban J connectivity index is 2.09. The van der Waals surface area contributed by atoms with Gasteiger partial charge in [0, 0.05) is 22.7 Å². The monoisotopic (exact) mass is 309 g/mol. The molecular weight excluding hydrogens is 282 g/mol. The van der Waals surface area contributed by atoms with Crippen LogP contribution in [0.15, 0.2) is 18.2 Å². The molecule has 0 heterocycles. The van der Waals surface area contributed by atoms with Crippen molar-refractivity contribution in [3.8, 4) is 5.75 Å². The Hall–Kier alpha value is -0.730. The zero-order valence-corrected chi connectivity index (χ0v) is 14.5. The third-order valence-corrected chi connectivity index (χ3v) is 4.41. The Kier molecular flexibility index (Phi) is 5.56. The second kappa shape index (κ2) is 7.02. The fourth-order valence-electron chi connectivity index (χ4n) is 2.84. The summed E-state index contributed by atoms with van der Waals surface area (Å²) in [6, 6.07) is 5.97. The Labute approximate surface area is 134 Å². The maximum Gasteiger partial charge on any atom is 0.125 e. The molecule has 0 aromatic heterocycles. The Morgan fingerprint density at radius 1 is 1.29 bits per heavy atom. The number of rotatable bonds is 4. The first-order valence-corrected chi connectivity index (χ1v) is 8.42. The first-order valence-electron chi connectivity index (χ1n) is 8.04. The second-order valence-corrected chi connectivity index (χ2v) is 7.74. The van der Waals surface area contributed by atoms with Crippen LogP contribution in [0, 0.1) is 5.92 Å². The zero-order valence-electron chi connectivity index (χ0n) is 13.7. The maximum atomic E-state index is 6.38. The van der Waals surface area contributed by atoms with Crippen LogP contribution in [0.3, 0.4) is 0 Å². The Bertz CT molecular complexity index is 467. The molecule has 1 aliphatic carbocycles. The highest BCUT2D eigenvalue weighted by atomic mass is 35.5. The van der Waals surface area contributed by atoms with Gasteiger partial charge >= 0.3 is 0 Å². The molecule has 0 radical (unpaired) electrons. The number of ether oxygens (including phenoxy) is 1. The topological polar surface area (TPSA) is 21.3 Å². The number of hydrogen-bond acceptors (Lipinski definition) is 2. The van der Waals surface area contributed by atoms with E-state index in [9.17, 15) is 0 Å². The standard InChI is InChI=1S/C18H28ClNO/c1-13-7-5-8-14(11-13)21-17-10-6-9-16(19)15(17)12-20-18(2,3)4/h6,9-10,13-14,20H,5,7-8,11-12H2,1-4H3. The quantitative estimate of drug-likeness (QED) is 0.827. The largest absolute Gasteiger partial charge is 0.490 e. The molecule has 21 heavy (non-hydrogen) atoms. The molecule has 1 N–H and O–H groups in total. The number of nitrogens with one attached hydrogen (secondary N) is 1. The lowest BCUT2D eigenvalue weighted by Gasteiger charge is -2.29. The van der Waals surface area contributed by atoms with Gasteiger partial charge in [0.1, 0.15) is 5.75 Å². The van der Waals surface area contributed by atoms with Gasteiger partial charge in [0.25, 0.3) is 0 Å². The summed E-state index contributed by atoms with van der Waals surface area (Å²) in [6.07, 6.45) is 5.23. The van der Waals surface area contributed by atoms with Crippen molar-refractivity contribution in [2.45, 2.75) is 71.6 Å². The van der Waals surface area contributed by atoms with Gasteiger partial charge in [0.15, 0.2) is 0 Å². The third-order valence-electron chi connectivity index (χ3n) is 4.05. The van der Waals surface area contributed by atoms with E-state index in [4.69, 9.17) is 16.3 Å². The summed E-state index contributed by atoms with van der Waals surface area (Å²) < 4.78 is 6.28. The predicted octanol–water partition coefficient (Wildman–Crippen LogP) is 5.19. The van der Waals surface area contributed by atoms with Crippen molar-refractivity contribution in [2.75, 3.05) is 0 Å². The van der Waals surface area contributed by atoms with Gasteiger partial charge < -0.3 is 10.1 Å². The summed E-state index contributed by atoms with van der Waals surface area (Å²) in [7, 11) is 0. The Morgan fingerprint density at radius 3 is 2.71 bits per heavy atom. The zero-order chi connectivity index (χ0) is 15.5. The Morgan fingerprint density at radius 2 is 2.05 bits per heavy atom. The molecule has 0 bridgehead atoms. The minimum atomic E-state index is 0.0653. The molecule has 118 valence electrons.